The molecule has 2 N–H and O–H groups in total. The number of methoxy groups -OCH3 is 2. The quantitative estimate of drug-likeness (QED) is 0.592. The molecule has 7 nitrogen and oxygen atoms in total. The third-order valence-electron chi connectivity index (χ3n) is 3.34. The normalized spacial score (nSPS) is 11.8. The van der Waals surface area contributed by atoms with Crippen molar-refractivity contribution in [3.63, 3.8) is 0 Å². The highest BCUT2D eigenvalue weighted by atomic mass is 35.5. The van der Waals surface area contributed by atoms with Gasteiger partial charge in [-0.3, -0.25) is 0 Å². The van der Waals surface area contributed by atoms with Crippen molar-refractivity contribution in [2.45, 2.75) is 6.92 Å². The van der Waals surface area contributed by atoms with Crippen molar-refractivity contribution in [1.82, 2.24) is 0 Å². The van der Waals surface area contributed by atoms with Crippen LogP contribution in [-0.4, -0.2) is 34.9 Å². The minimum absolute atomic E-state index is 0.0256. The van der Waals surface area contributed by atoms with Gasteiger partial charge < -0.3 is 20.1 Å². The Morgan fingerprint density at radius 3 is 2.27 bits per heavy atom. The van der Waals surface area contributed by atoms with Gasteiger partial charge in [-0.2, -0.15) is 0 Å². The predicted octanol–water partition coefficient (Wildman–Crippen LogP) is 3.51. The maximum absolute atomic E-state index is 11.7. The molecule has 0 radical (unpaired) electrons. The van der Waals surface area contributed by atoms with E-state index in [0.717, 1.165) is 11.8 Å². The van der Waals surface area contributed by atoms with Crippen molar-refractivity contribution in [3.05, 3.63) is 47.0 Å². The second-order valence-corrected chi connectivity index (χ2v) is 7.51. The first-order chi connectivity index (χ1) is 12.2. The van der Waals surface area contributed by atoms with Gasteiger partial charge in [-0.05, 0) is 42.8 Å². The Hall–Kier alpha value is -2.45. The zero-order chi connectivity index (χ0) is 19.3. The zero-order valence-electron chi connectivity index (χ0n) is 14.8. The van der Waals surface area contributed by atoms with E-state index >= 15 is 0 Å². The van der Waals surface area contributed by atoms with Crippen LogP contribution in [0.5, 0.6) is 11.5 Å². The summed E-state index contributed by atoms with van der Waals surface area (Å²) in [5.41, 5.74) is 1.96. The first-order valence-electron chi connectivity index (χ1n) is 7.54. The number of hydrogen-bond acceptors (Lipinski definition) is 4. The van der Waals surface area contributed by atoms with Gasteiger partial charge in [0.15, 0.2) is 0 Å². The summed E-state index contributed by atoms with van der Waals surface area (Å²) in [6.07, 6.45) is 1.01. The van der Waals surface area contributed by atoms with E-state index in [-0.39, 0.29) is 5.96 Å². The topological polar surface area (TPSA) is 89.0 Å². The maximum Gasteiger partial charge on any atom is 0.253 e. The lowest BCUT2D eigenvalue weighted by Crippen LogP contribution is -2.24. The van der Waals surface area contributed by atoms with Crippen molar-refractivity contribution in [3.8, 4) is 11.5 Å². The minimum Gasteiger partial charge on any atom is -0.497 e. The van der Waals surface area contributed by atoms with Crippen LogP contribution in [0.1, 0.15) is 5.56 Å². The van der Waals surface area contributed by atoms with Gasteiger partial charge in [0.05, 0.1) is 26.2 Å². The average molecular weight is 398 g/mol. The lowest BCUT2D eigenvalue weighted by atomic mass is 10.2. The van der Waals surface area contributed by atoms with Crippen molar-refractivity contribution in [2.24, 2.45) is 4.40 Å². The van der Waals surface area contributed by atoms with Gasteiger partial charge in [-0.1, -0.05) is 11.6 Å². The number of benzene rings is 2. The van der Waals surface area contributed by atoms with Gasteiger partial charge in [-0.15, -0.1) is 4.40 Å². The van der Waals surface area contributed by atoms with Crippen LogP contribution in [0.25, 0.3) is 0 Å². The molecule has 0 unspecified atom stereocenters. The molecule has 0 bridgehead atoms. The highest BCUT2D eigenvalue weighted by Gasteiger charge is 2.12. The van der Waals surface area contributed by atoms with E-state index in [9.17, 15) is 8.42 Å². The van der Waals surface area contributed by atoms with Crippen molar-refractivity contribution >= 4 is 39.0 Å². The Morgan fingerprint density at radius 1 is 1.08 bits per heavy atom. The fraction of sp³-hybridized carbons (Fsp3) is 0.235. The number of nitrogens with one attached hydrogen (secondary N) is 2. The van der Waals surface area contributed by atoms with Crippen LogP contribution in [0.2, 0.25) is 5.02 Å². The lowest BCUT2D eigenvalue weighted by molar-refractivity contribution is 0.415. The minimum atomic E-state index is -3.64. The SMILES string of the molecule is COc1ccc(NC(=NS(C)(=O)=O)Nc2cc(C)c(Cl)cc2OC)cc1. The Bertz CT molecular complexity index is 912. The largest absolute Gasteiger partial charge is 0.497 e. The molecule has 9 heteroatoms. The summed E-state index contributed by atoms with van der Waals surface area (Å²) < 4.78 is 37.4. The smallest absolute Gasteiger partial charge is 0.253 e. The summed E-state index contributed by atoms with van der Waals surface area (Å²) in [5, 5.41) is 6.42. The van der Waals surface area contributed by atoms with Gasteiger partial charge in [0.2, 0.25) is 5.96 Å². The third kappa shape index (κ3) is 5.53. The molecule has 0 atom stereocenters. The molecular weight excluding hydrogens is 378 g/mol. The summed E-state index contributed by atoms with van der Waals surface area (Å²) in [6.45, 7) is 1.83. The summed E-state index contributed by atoms with van der Waals surface area (Å²) in [5.74, 6) is 1.16. The molecule has 0 heterocycles. The number of aryl methyl sites for hydroxylation is 1. The van der Waals surface area contributed by atoms with E-state index < -0.39 is 10.0 Å². The number of anilines is 2. The Kier molecular flexibility index (Phi) is 6.33. The first kappa shape index (κ1) is 19.9. The fourth-order valence-corrected chi connectivity index (χ4v) is 2.69. The molecule has 0 spiro atoms. The molecule has 0 aliphatic rings. The van der Waals surface area contributed by atoms with Crippen LogP contribution in [0.15, 0.2) is 40.8 Å². The molecule has 0 aliphatic heterocycles. The van der Waals surface area contributed by atoms with Gasteiger partial charge in [0.1, 0.15) is 11.5 Å². The van der Waals surface area contributed by atoms with E-state index in [1.165, 1.54) is 7.11 Å². The van der Waals surface area contributed by atoms with Gasteiger partial charge in [0.25, 0.3) is 10.0 Å². The molecule has 140 valence electrons. The van der Waals surface area contributed by atoms with Crippen LogP contribution in [0.3, 0.4) is 0 Å². The molecule has 2 aromatic rings. The van der Waals surface area contributed by atoms with Gasteiger partial charge >= 0.3 is 0 Å². The average Bonchev–Trinajstić information content (AvgIpc) is 2.57. The maximum atomic E-state index is 11.7. The second-order valence-electron chi connectivity index (χ2n) is 5.45. The highest BCUT2D eigenvalue weighted by molar-refractivity contribution is 7.89. The Balaban J connectivity index is 2.37. The predicted molar refractivity (Wildman–Crippen MR) is 105 cm³/mol. The number of nitrogens with zero attached hydrogens (tertiary/aromatic N) is 1. The molecule has 26 heavy (non-hydrogen) atoms. The number of rotatable bonds is 5. The molecular formula is C17H20ClN3O4S. The summed E-state index contributed by atoms with van der Waals surface area (Å²) >= 11 is 6.10. The van der Waals surface area contributed by atoms with Gasteiger partial charge in [-0.25, -0.2) is 8.42 Å². The molecule has 2 rings (SSSR count). The summed E-state index contributed by atoms with van der Waals surface area (Å²) in [6, 6.07) is 10.4. The van der Waals surface area contributed by atoms with Crippen LogP contribution in [-0.2, 0) is 10.0 Å². The summed E-state index contributed by atoms with van der Waals surface area (Å²) in [4.78, 5) is 0. The molecule has 0 saturated heterocycles. The third-order valence-corrected chi connectivity index (χ3v) is 4.27. The molecule has 0 fully saturated rings. The lowest BCUT2D eigenvalue weighted by Gasteiger charge is -2.16. The molecule has 0 aromatic heterocycles. The number of sulfonamides is 1. The van der Waals surface area contributed by atoms with E-state index in [1.807, 2.05) is 6.92 Å². The second kappa shape index (κ2) is 8.29. The number of halogens is 1. The Labute approximate surface area is 158 Å². The van der Waals surface area contributed by atoms with E-state index in [4.69, 9.17) is 21.1 Å². The molecule has 2 aromatic carbocycles. The van der Waals surface area contributed by atoms with E-state index in [2.05, 4.69) is 15.0 Å². The number of guanidine groups is 1. The summed E-state index contributed by atoms with van der Waals surface area (Å²) in [7, 11) is -0.581. The van der Waals surface area contributed by atoms with Crippen molar-refractivity contribution in [2.75, 3.05) is 31.1 Å². The first-order valence-corrected chi connectivity index (χ1v) is 9.76. The van der Waals surface area contributed by atoms with Crippen LogP contribution >= 0.6 is 11.6 Å². The fourth-order valence-electron chi connectivity index (χ4n) is 2.11. The molecule has 0 aliphatic carbocycles. The van der Waals surface area contributed by atoms with Crippen molar-refractivity contribution < 1.29 is 17.9 Å². The number of hydrogen-bond donors (Lipinski definition) is 2. The van der Waals surface area contributed by atoms with Crippen molar-refractivity contribution in [1.29, 1.82) is 0 Å². The Morgan fingerprint density at radius 2 is 1.73 bits per heavy atom. The zero-order valence-corrected chi connectivity index (χ0v) is 16.4. The van der Waals surface area contributed by atoms with E-state index in [1.54, 1.807) is 43.5 Å². The number of ether oxygens (including phenoxy) is 2. The monoisotopic (exact) mass is 397 g/mol. The van der Waals surface area contributed by atoms with E-state index in [0.29, 0.717) is 27.9 Å². The van der Waals surface area contributed by atoms with Crippen LogP contribution < -0.4 is 20.1 Å². The molecule has 0 saturated carbocycles. The standard InChI is InChI=1S/C17H20ClN3O4S/c1-11-9-15(16(25-3)10-14(11)18)20-17(21-26(4,22)23)19-12-5-7-13(24-2)8-6-12/h5-10H,1-4H3,(H2,19,20,21). The van der Waals surface area contributed by atoms with Crippen LogP contribution in [0.4, 0.5) is 11.4 Å². The van der Waals surface area contributed by atoms with Gasteiger partial charge in [0, 0.05) is 16.8 Å². The van der Waals surface area contributed by atoms with Crippen LogP contribution in [0, 0.1) is 6.92 Å². The highest BCUT2D eigenvalue weighted by Crippen LogP contribution is 2.31. The molecule has 0 amide bonds.